The summed E-state index contributed by atoms with van der Waals surface area (Å²) in [5, 5.41) is 3.17. The van der Waals surface area contributed by atoms with Crippen LogP contribution in [0.5, 0.6) is 0 Å². The van der Waals surface area contributed by atoms with Gasteiger partial charge in [0.25, 0.3) is 0 Å². The summed E-state index contributed by atoms with van der Waals surface area (Å²) in [7, 11) is 0. The second-order valence-electron chi connectivity index (χ2n) is 7.73. The molecule has 0 spiro atoms. The van der Waals surface area contributed by atoms with E-state index in [4.69, 9.17) is 22.1 Å². The van der Waals surface area contributed by atoms with Crippen molar-refractivity contribution in [2.45, 2.75) is 33.4 Å². The van der Waals surface area contributed by atoms with Gasteiger partial charge >= 0.3 is 12.0 Å². The fourth-order valence-electron chi connectivity index (χ4n) is 3.56. The van der Waals surface area contributed by atoms with E-state index in [0.717, 1.165) is 35.5 Å². The maximum Gasteiger partial charge on any atom is 0.338 e. The molecule has 0 bridgehead atoms. The molecule has 0 unspecified atom stereocenters. The number of urea groups is 1. The third kappa shape index (κ3) is 6.46. The number of carbonyl (C=O) groups excluding carboxylic acids is 3. The largest absolute Gasteiger partial charge is 0.454 e. The molecule has 0 saturated heterocycles. The van der Waals surface area contributed by atoms with Crippen molar-refractivity contribution in [1.29, 1.82) is 0 Å². The number of ketones is 1. The molecule has 0 saturated carbocycles. The minimum Gasteiger partial charge on any atom is -0.454 e. The number of Topliss-reactive ketones (excluding diaryl/α,β-unsaturated/α-hetero) is 1. The number of hydrogen-bond donors (Lipinski definition) is 2. The van der Waals surface area contributed by atoms with E-state index in [1.807, 2.05) is 44.2 Å². The number of halogens is 1. The number of amides is 2. The molecular weight excluding hydrogens is 442 g/mol. The van der Waals surface area contributed by atoms with Gasteiger partial charge in [0.1, 0.15) is 0 Å². The van der Waals surface area contributed by atoms with Gasteiger partial charge in [-0.2, -0.15) is 0 Å². The number of nitrogens with two attached hydrogens (primary N) is 1. The SMILES string of the molecule is Cc1cc(C(=O)COC(=O)c2ccc(CNC(N)=O)cc2)c(C)n1CCc1ccc(Cl)cc1. The third-order valence-corrected chi connectivity index (χ3v) is 5.65. The van der Waals surface area contributed by atoms with E-state index in [9.17, 15) is 14.4 Å². The first-order valence-electron chi connectivity index (χ1n) is 10.5. The number of carbonyl (C=O) groups is 3. The van der Waals surface area contributed by atoms with Gasteiger partial charge in [0, 0.05) is 35.1 Å². The molecule has 3 aromatic rings. The zero-order chi connectivity index (χ0) is 24.0. The molecule has 0 fully saturated rings. The molecule has 172 valence electrons. The zero-order valence-electron chi connectivity index (χ0n) is 18.6. The first-order valence-corrected chi connectivity index (χ1v) is 10.9. The van der Waals surface area contributed by atoms with Gasteiger partial charge in [0.2, 0.25) is 5.78 Å². The van der Waals surface area contributed by atoms with E-state index in [2.05, 4.69) is 9.88 Å². The minimum absolute atomic E-state index is 0.253. The highest BCUT2D eigenvalue weighted by Crippen LogP contribution is 2.18. The molecule has 0 aliphatic rings. The summed E-state index contributed by atoms with van der Waals surface area (Å²) in [5.41, 5.74) is 9.66. The first-order chi connectivity index (χ1) is 15.7. The van der Waals surface area contributed by atoms with E-state index >= 15 is 0 Å². The van der Waals surface area contributed by atoms with Gasteiger partial charge < -0.3 is 20.4 Å². The normalized spacial score (nSPS) is 10.6. The molecule has 3 N–H and O–H groups in total. The van der Waals surface area contributed by atoms with Crippen LogP contribution in [-0.2, 0) is 24.2 Å². The van der Waals surface area contributed by atoms with Gasteiger partial charge in [0.15, 0.2) is 6.61 Å². The number of primary amides is 1. The Morgan fingerprint density at radius 3 is 2.27 bits per heavy atom. The Labute approximate surface area is 197 Å². The number of esters is 1. The average Bonchev–Trinajstić information content (AvgIpc) is 3.09. The number of aromatic nitrogens is 1. The molecule has 1 aromatic heterocycles. The summed E-state index contributed by atoms with van der Waals surface area (Å²) in [6.07, 6.45) is 0.807. The number of nitrogens with zero attached hydrogens (tertiary/aromatic N) is 1. The van der Waals surface area contributed by atoms with Crippen LogP contribution >= 0.6 is 11.6 Å². The van der Waals surface area contributed by atoms with E-state index in [1.54, 1.807) is 24.3 Å². The van der Waals surface area contributed by atoms with Gasteiger partial charge in [-0.05, 0) is 61.7 Å². The van der Waals surface area contributed by atoms with Crippen molar-refractivity contribution >= 4 is 29.4 Å². The third-order valence-electron chi connectivity index (χ3n) is 5.40. The molecular formula is C25H26ClN3O4. The lowest BCUT2D eigenvalue weighted by Crippen LogP contribution is -2.28. The van der Waals surface area contributed by atoms with Crippen molar-refractivity contribution in [1.82, 2.24) is 9.88 Å². The van der Waals surface area contributed by atoms with Crippen LogP contribution in [0.2, 0.25) is 5.02 Å². The maximum atomic E-state index is 12.7. The molecule has 3 rings (SSSR count). The highest BCUT2D eigenvalue weighted by molar-refractivity contribution is 6.30. The summed E-state index contributed by atoms with van der Waals surface area (Å²) in [6, 6.07) is 15.4. The van der Waals surface area contributed by atoms with Crippen LogP contribution in [0.3, 0.4) is 0 Å². The van der Waals surface area contributed by atoms with E-state index in [-0.39, 0.29) is 18.9 Å². The number of aryl methyl sites for hydroxylation is 2. The molecule has 1 heterocycles. The smallest absolute Gasteiger partial charge is 0.338 e. The van der Waals surface area contributed by atoms with E-state index in [0.29, 0.717) is 16.1 Å². The average molecular weight is 468 g/mol. The lowest BCUT2D eigenvalue weighted by atomic mass is 10.1. The summed E-state index contributed by atoms with van der Waals surface area (Å²) in [6.45, 7) is 4.49. The first kappa shape index (κ1) is 24.1. The van der Waals surface area contributed by atoms with Crippen LogP contribution in [0, 0.1) is 13.8 Å². The second kappa shape index (κ2) is 10.8. The summed E-state index contributed by atoms with van der Waals surface area (Å²) < 4.78 is 7.31. The van der Waals surface area contributed by atoms with Gasteiger partial charge in [-0.3, -0.25) is 4.79 Å². The van der Waals surface area contributed by atoms with Crippen LogP contribution in [0.1, 0.15) is 43.2 Å². The number of nitrogens with one attached hydrogen (secondary N) is 1. The Morgan fingerprint density at radius 2 is 1.64 bits per heavy atom. The van der Waals surface area contributed by atoms with Crippen molar-refractivity contribution in [2.75, 3.05) is 6.61 Å². The number of ether oxygens (including phenoxy) is 1. The summed E-state index contributed by atoms with van der Waals surface area (Å²) in [5.74, 6) is -0.842. The van der Waals surface area contributed by atoms with Crippen molar-refractivity contribution in [3.05, 3.63) is 93.3 Å². The number of hydrogen-bond acceptors (Lipinski definition) is 4. The van der Waals surface area contributed by atoms with Crippen molar-refractivity contribution in [3.8, 4) is 0 Å². The van der Waals surface area contributed by atoms with Crippen LogP contribution in [-0.4, -0.2) is 29.0 Å². The Balaban J connectivity index is 1.57. The predicted octanol–water partition coefficient (Wildman–Crippen LogP) is 4.21. The molecule has 2 aromatic carbocycles. The van der Waals surface area contributed by atoms with Gasteiger partial charge in [-0.25, -0.2) is 9.59 Å². The van der Waals surface area contributed by atoms with E-state index < -0.39 is 12.0 Å². The summed E-state index contributed by atoms with van der Waals surface area (Å²) >= 11 is 5.94. The maximum absolute atomic E-state index is 12.7. The van der Waals surface area contributed by atoms with Crippen LogP contribution in [0.25, 0.3) is 0 Å². The van der Waals surface area contributed by atoms with Crippen LogP contribution in [0.15, 0.2) is 54.6 Å². The zero-order valence-corrected chi connectivity index (χ0v) is 19.3. The predicted molar refractivity (Wildman–Crippen MR) is 127 cm³/mol. The highest BCUT2D eigenvalue weighted by atomic mass is 35.5. The molecule has 7 nitrogen and oxygen atoms in total. The minimum atomic E-state index is -0.624. The Hall–Kier alpha value is -3.58. The monoisotopic (exact) mass is 467 g/mol. The molecule has 2 amide bonds. The topological polar surface area (TPSA) is 103 Å². The summed E-state index contributed by atoms with van der Waals surface area (Å²) in [4.78, 5) is 35.8. The Bertz CT molecular complexity index is 1150. The Morgan fingerprint density at radius 1 is 1.00 bits per heavy atom. The lowest BCUT2D eigenvalue weighted by molar-refractivity contribution is 0.0474. The van der Waals surface area contributed by atoms with E-state index in [1.165, 1.54) is 0 Å². The highest BCUT2D eigenvalue weighted by Gasteiger charge is 2.18. The fourth-order valence-corrected chi connectivity index (χ4v) is 3.69. The van der Waals surface area contributed by atoms with Crippen LogP contribution < -0.4 is 11.1 Å². The fraction of sp³-hybridized carbons (Fsp3) is 0.240. The lowest BCUT2D eigenvalue weighted by Gasteiger charge is -2.10. The van der Waals surface area contributed by atoms with Gasteiger partial charge in [-0.1, -0.05) is 35.9 Å². The molecule has 0 atom stereocenters. The molecule has 33 heavy (non-hydrogen) atoms. The van der Waals surface area contributed by atoms with Gasteiger partial charge in [-0.15, -0.1) is 0 Å². The molecule has 8 heteroatoms. The quantitative estimate of drug-likeness (QED) is 0.363. The number of rotatable bonds is 9. The van der Waals surface area contributed by atoms with Crippen molar-refractivity contribution in [2.24, 2.45) is 5.73 Å². The van der Waals surface area contributed by atoms with Crippen LogP contribution in [0.4, 0.5) is 4.79 Å². The number of benzene rings is 2. The Kier molecular flexibility index (Phi) is 7.90. The molecule has 0 aliphatic carbocycles. The molecule has 0 aliphatic heterocycles. The van der Waals surface area contributed by atoms with Crippen molar-refractivity contribution < 1.29 is 19.1 Å². The molecule has 0 radical (unpaired) electrons. The second-order valence-corrected chi connectivity index (χ2v) is 8.16. The van der Waals surface area contributed by atoms with Crippen molar-refractivity contribution in [3.63, 3.8) is 0 Å². The van der Waals surface area contributed by atoms with Gasteiger partial charge in [0.05, 0.1) is 5.56 Å². The standard InChI is InChI=1S/C25H26ClN3O4/c1-16-13-22(17(2)29(16)12-11-18-5-9-21(26)10-6-18)23(30)15-33-24(31)20-7-3-19(4-8-20)14-28-25(27)32/h3-10,13H,11-12,14-15H2,1-2H3,(H3,27,28,32).